The van der Waals surface area contributed by atoms with Crippen LogP contribution in [0, 0.1) is 10.1 Å². The molecule has 1 heterocycles. The first-order chi connectivity index (χ1) is 7.27. The Bertz CT molecular complexity index is 423. The van der Waals surface area contributed by atoms with E-state index in [-0.39, 0.29) is 10.6 Å². The summed E-state index contributed by atoms with van der Waals surface area (Å²) in [5.41, 5.74) is 1.19. The maximum atomic E-state index is 10.5. The number of para-hydroxylation sites is 1. The fourth-order valence-corrected chi connectivity index (χ4v) is 1.43. The number of nitro groups is 1. The first-order valence-corrected chi connectivity index (χ1v) is 4.62. The zero-order valence-electron chi connectivity index (χ0n) is 8.04. The molecule has 0 N–H and O–H groups in total. The molecule has 0 saturated heterocycles. The van der Waals surface area contributed by atoms with Crippen molar-refractivity contribution < 1.29 is 4.92 Å². The molecule has 0 spiro atoms. The van der Waals surface area contributed by atoms with Gasteiger partial charge in [-0.05, 0) is 12.1 Å². The number of benzene rings is 1. The van der Waals surface area contributed by atoms with E-state index in [0.717, 1.165) is 5.69 Å². The SMILES string of the molecule is O=[N+]([O-])C1=CCN(c2ccccc2)C=C1. The highest BCUT2D eigenvalue weighted by atomic mass is 16.6. The second-order valence-corrected chi connectivity index (χ2v) is 3.19. The number of nitrogens with zero attached hydrogens (tertiary/aromatic N) is 2. The summed E-state index contributed by atoms with van der Waals surface area (Å²) in [4.78, 5) is 12.0. The molecule has 0 radical (unpaired) electrons. The van der Waals surface area contributed by atoms with Crippen LogP contribution in [-0.4, -0.2) is 11.5 Å². The molecule has 0 amide bonds. The van der Waals surface area contributed by atoms with Crippen LogP contribution in [0.1, 0.15) is 0 Å². The summed E-state index contributed by atoms with van der Waals surface area (Å²) >= 11 is 0. The van der Waals surface area contributed by atoms with Crippen molar-refractivity contribution in [3.05, 3.63) is 64.5 Å². The van der Waals surface area contributed by atoms with Crippen molar-refractivity contribution >= 4 is 5.69 Å². The third-order valence-electron chi connectivity index (χ3n) is 2.22. The lowest BCUT2D eigenvalue weighted by atomic mass is 10.2. The minimum Gasteiger partial charge on any atom is -0.344 e. The highest BCUT2D eigenvalue weighted by Gasteiger charge is 2.12. The van der Waals surface area contributed by atoms with Crippen LogP contribution in [-0.2, 0) is 0 Å². The largest absolute Gasteiger partial charge is 0.344 e. The van der Waals surface area contributed by atoms with Gasteiger partial charge in [0.15, 0.2) is 0 Å². The minimum absolute atomic E-state index is 0.155. The van der Waals surface area contributed by atoms with Crippen molar-refractivity contribution in [2.45, 2.75) is 0 Å². The van der Waals surface area contributed by atoms with Crippen molar-refractivity contribution in [3.8, 4) is 0 Å². The summed E-state index contributed by atoms with van der Waals surface area (Å²) in [6, 6.07) is 9.76. The second-order valence-electron chi connectivity index (χ2n) is 3.19. The summed E-state index contributed by atoms with van der Waals surface area (Å²) in [5.74, 6) is 0. The molecule has 1 aliphatic heterocycles. The molecular formula is C11H10N2O2. The Balaban J connectivity index is 2.14. The Labute approximate surface area is 87.3 Å². The van der Waals surface area contributed by atoms with E-state index in [1.807, 2.05) is 35.2 Å². The first-order valence-electron chi connectivity index (χ1n) is 4.62. The lowest BCUT2D eigenvalue weighted by molar-refractivity contribution is -0.419. The van der Waals surface area contributed by atoms with Gasteiger partial charge in [0.25, 0.3) is 5.70 Å². The normalized spacial score (nSPS) is 14.9. The quantitative estimate of drug-likeness (QED) is 0.545. The molecule has 0 bridgehead atoms. The zero-order chi connectivity index (χ0) is 10.7. The van der Waals surface area contributed by atoms with E-state index in [0.29, 0.717) is 6.54 Å². The number of hydrogen-bond acceptors (Lipinski definition) is 3. The smallest absolute Gasteiger partial charge is 0.268 e. The average Bonchev–Trinajstić information content (AvgIpc) is 2.30. The van der Waals surface area contributed by atoms with E-state index < -0.39 is 0 Å². The van der Waals surface area contributed by atoms with Gasteiger partial charge >= 0.3 is 0 Å². The van der Waals surface area contributed by atoms with Crippen LogP contribution >= 0.6 is 0 Å². The molecule has 2 rings (SSSR count). The molecule has 4 nitrogen and oxygen atoms in total. The van der Waals surface area contributed by atoms with Gasteiger partial charge in [0, 0.05) is 30.6 Å². The van der Waals surface area contributed by atoms with E-state index in [2.05, 4.69) is 0 Å². The van der Waals surface area contributed by atoms with Gasteiger partial charge in [-0.25, -0.2) is 0 Å². The zero-order valence-corrected chi connectivity index (χ0v) is 8.04. The summed E-state index contributed by atoms with van der Waals surface area (Å²) in [6.45, 7) is 0.539. The molecule has 0 fully saturated rings. The van der Waals surface area contributed by atoms with Crippen molar-refractivity contribution in [2.24, 2.45) is 0 Å². The summed E-state index contributed by atoms with van der Waals surface area (Å²) in [5, 5.41) is 10.5. The molecule has 1 aromatic rings. The van der Waals surface area contributed by atoms with Crippen molar-refractivity contribution in [1.29, 1.82) is 0 Å². The lowest BCUT2D eigenvalue weighted by Crippen LogP contribution is -2.20. The van der Waals surface area contributed by atoms with E-state index in [1.54, 1.807) is 12.3 Å². The van der Waals surface area contributed by atoms with Gasteiger partial charge in [-0.2, -0.15) is 0 Å². The monoisotopic (exact) mass is 202 g/mol. The molecular weight excluding hydrogens is 192 g/mol. The molecule has 15 heavy (non-hydrogen) atoms. The minimum atomic E-state index is -0.376. The molecule has 0 unspecified atom stereocenters. The predicted molar refractivity (Wildman–Crippen MR) is 58.0 cm³/mol. The molecule has 1 aromatic carbocycles. The number of hydrogen-bond donors (Lipinski definition) is 0. The van der Waals surface area contributed by atoms with Gasteiger partial charge in [-0.1, -0.05) is 18.2 Å². The van der Waals surface area contributed by atoms with Crippen molar-refractivity contribution in [1.82, 2.24) is 0 Å². The predicted octanol–water partition coefficient (Wildman–Crippen LogP) is 2.18. The van der Waals surface area contributed by atoms with E-state index in [1.165, 1.54) is 6.08 Å². The van der Waals surface area contributed by atoms with Gasteiger partial charge in [-0.15, -0.1) is 0 Å². The van der Waals surface area contributed by atoms with Crippen LogP contribution < -0.4 is 4.90 Å². The van der Waals surface area contributed by atoms with Crippen LogP contribution in [0.4, 0.5) is 5.69 Å². The average molecular weight is 202 g/mol. The molecule has 76 valence electrons. The van der Waals surface area contributed by atoms with Crippen LogP contribution in [0.2, 0.25) is 0 Å². The fourth-order valence-electron chi connectivity index (χ4n) is 1.43. The molecule has 1 aliphatic rings. The summed E-state index contributed by atoms with van der Waals surface area (Å²) in [6.07, 6.45) is 4.84. The molecule has 4 heteroatoms. The molecule has 0 aromatic heterocycles. The first kappa shape index (κ1) is 9.45. The van der Waals surface area contributed by atoms with Gasteiger partial charge in [0.2, 0.25) is 0 Å². The molecule has 0 aliphatic carbocycles. The van der Waals surface area contributed by atoms with E-state index in [4.69, 9.17) is 0 Å². The van der Waals surface area contributed by atoms with E-state index >= 15 is 0 Å². The highest BCUT2D eigenvalue weighted by molar-refractivity contribution is 5.51. The third-order valence-corrected chi connectivity index (χ3v) is 2.22. The lowest BCUT2D eigenvalue weighted by Gasteiger charge is -2.20. The maximum absolute atomic E-state index is 10.5. The summed E-state index contributed by atoms with van der Waals surface area (Å²) in [7, 11) is 0. The third kappa shape index (κ3) is 2.04. The Hall–Kier alpha value is -2.10. The van der Waals surface area contributed by atoms with Gasteiger partial charge in [0.1, 0.15) is 0 Å². The van der Waals surface area contributed by atoms with Crippen LogP contribution in [0.25, 0.3) is 0 Å². The van der Waals surface area contributed by atoms with Gasteiger partial charge in [0.05, 0.1) is 4.92 Å². The standard InChI is InChI=1S/C11H10N2O2/c14-13(15)11-6-8-12(9-7-11)10-4-2-1-3-5-10/h1-8H,9H2. The Morgan fingerprint density at radius 2 is 2.00 bits per heavy atom. The fraction of sp³-hybridized carbons (Fsp3) is 0.0909. The van der Waals surface area contributed by atoms with Crippen molar-refractivity contribution in [3.63, 3.8) is 0 Å². The van der Waals surface area contributed by atoms with Crippen LogP contribution in [0.5, 0.6) is 0 Å². The number of rotatable bonds is 2. The van der Waals surface area contributed by atoms with Gasteiger partial charge in [-0.3, -0.25) is 10.1 Å². The second kappa shape index (κ2) is 3.96. The molecule has 0 saturated carbocycles. The Morgan fingerprint density at radius 3 is 2.53 bits per heavy atom. The Kier molecular flexibility index (Phi) is 2.49. The summed E-state index contributed by atoms with van der Waals surface area (Å²) < 4.78 is 0. The van der Waals surface area contributed by atoms with Crippen LogP contribution in [0.15, 0.2) is 54.4 Å². The topological polar surface area (TPSA) is 46.4 Å². The maximum Gasteiger partial charge on any atom is 0.268 e. The van der Waals surface area contributed by atoms with Gasteiger partial charge < -0.3 is 4.90 Å². The van der Waals surface area contributed by atoms with E-state index in [9.17, 15) is 10.1 Å². The Morgan fingerprint density at radius 1 is 1.27 bits per heavy atom. The highest BCUT2D eigenvalue weighted by Crippen LogP contribution is 2.17. The number of allylic oxidation sites excluding steroid dienone is 1. The molecule has 0 atom stereocenters. The van der Waals surface area contributed by atoms with Crippen LogP contribution in [0.3, 0.4) is 0 Å². The number of anilines is 1. The van der Waals surface area contributed by atoms with Crippen molar-refractivity contribution in [2.75, 3.05) is 11.4 Å².